The van der Waals surface area contributed by atoms with E-state index in [-0.39, 0.29) is 11.5 Å². The van der Waals surface area contributed by atoms with Crippen molar-refractivity contribution in [2.45, 2.75) is 13.8 Å². The van der Waals surface area contributed by atoms with E-state index in [2.05, 4.69) is 24.1 Å². The Kier molecular flexibility index (Phi) is 5.45. The number of nitrogens with one attached hydrogen (secondary N) is 1. The topological polar surface area (TPSA) is 71.8 Å². The molecular weight excluding hydrogens is 344 g/mol. The highest BCUT2D eigenvalue weighted by atomic mass is 16.5. The first-order chi connectivity index (χ1) is 13.0. The van der Waals surface area contributed by atoms with Gasteiger partial charge in [-0.1, -0.05) is 0 Å². The summed E-state index contributed by atoms with van der Waals surface area (Å²) in [6, 6.07) is 13.8. The molecule has 0 saturated carbocycles. The maximum absolute atomic E-state index is 12.7. The summed E-state index contributed by atoms with van der Waals surface area (Å²) < 4.78 is 10.3. The first kappa shape index (κ1) is 18.5. The van der Waals surface area contributed by atoms with Crippen LogP contribution in [0, 0.1) is 0 Å². The number of fused-ring (bicyclic) bond motifs is 1. The summed E-state index contributed by atoms with van der Waals surface area (Å²) in [4.78, 5) is 26.8. The Hall–Kier alpha value is -3.28. The van der Waals surface area contributed by atoms with E-state index in [0.717, 1.165) is 18.8 Å². The van der Waals surface area contributed by atoms with Crippen LogP contribution < -0.4 is 20.6 Å². The predicted octanol–water partition coefficient (Wildman–Crippen LogP) is 3.90. The van der Waals surface area contributed by atoms with Crippen molar-refractivity contribution >= 4 is 28.3 Å². The minimum absolute atomic E-state index is 0.261. The molecule has 0 atom stereocenters. The summed E-state index contributed by atoms with van der Waals surface area (Å²) in [5.41, 5.74) is 1.74. The van der Waals surface area contributed by atoms with Gasteiger partial charge in [0.1, 0.15) is 11.3 Å². The zero-order chi connectivity index (χ0) is 19.4. The molecule has 6 heteroatoms. The van der Waals surface area contributed by atoms with Gasteiger partial charge in [-0.3, -0.25) is 4.79 Å². The molecule has 1 N–H and O–H groups in total. The van der Waals surface area contributed by atoms with E-state index in [1.807, 2.05) is 24.3 Å². The largest absolute Gasteiger partial charge is 0.497 e. The Balaban J connectivity index is 1.89. The number of carbonyl (C=O) groups is 1. The van der Waals surface area contributed by atoms with E-state index < -0.39 is 5.63 Å². The average Bonchev–Trinajstić information content (AvgIpc) is 2.68. The van der Waals surface area contributed by atoms with Crippen molar-refractivity contribution in [2.24, 2.45) is 0 Å². The van der Waals surface area contributed by atoms with Crippen molar-refractivity contribution in [1.82, 2.24) is 0 Å². The molecule has 0 aliphatic carbocycles. The van der Waals surface area contributed by atoms with Gasteiger partial charge >= 0.3 is 5.63 Å². The van der Waals surface area contributed by atoms with Crippen LogP contribution in [0.3, 0.4) is 0 Å². The number of hydrogen-bond acceptors (Lipinski definition) is 5. The van der Waals surface area contributed by atoms with Crippen LogP contribution in [0.4, 0.5) is 11.4 Å². The van der Waals surface area contributed by atoms with Crippen molar-refractivity contribution in [2.75, 3.05) is 30.4 Å². The highest BCUT2D eigenvalue weighted by Gasteiger charge is 2.14. The Labute approximate surface area is 157 Å². The number of benzene rings is 2. The monoisotopic (exact) mass is 366 g/mol. The molecule has 0 unspecified atom stereocenters. The fraction of sp³-hybridized carbons (Fsp3) is 0.238. The number of amides is 1. The third-order valence-electron chi connectivity index (χ3n) is 4.45. The molecule has 27 heavy (non-hydrogen) atoms. The fourth-order valence-corrected chi connectivity index (χ4v) is 3.00. The standard InChI is InChI=1S/C21H22N2O4/c1-4-23(5-2)15-8-6-14(7-9-15)22-21(25)18-13-20(24)27-19-12-16(26-3)10-11-17(18)19/h6-13H,4-5H2,1-3H3,(H,22,25). The van der Waals surface area contributed by atoms with Crippen molar-refractivity contribution in [3.63, 3.8) is 0 Å². The molecular formula is C21H22N2O4. The molecule has 1 heterocycles. The van der Waals surface area contributed by atoms with E-state index >= 15 is 0 Å². The van der Waals surface area contributed by atoms with Crippen LogP contribution >= 0.6 is 0 Å². The van der Waals surface area contributed by atoms with E-state index in [1.165, 1.54) is 13.2 Å². The third-order valence-corrected chi connectivity index (χ3v) is 4.45. The fourth-order valence-electron chi connectivity index (χ4n) is 3.00. The number of rotatable bonds is 6. The molecule has 3 aromatic rings. The quantitative estimate of drug-likeness (QED) is 0.670. The molecule has 140 valence electrons. The Morgan fingerprint density at radius 3 is 2.41 bits per heavy atom. The van der Waals surface area contributed by atoms with Crippen molar-refractivity contribution < 1.29 is 13.9 Å². The number of methoxy groups -OCH3 is 1. The highest BCUT2D eigenvalue weighted by Crippen LogP contribution is 2.24. The van der Waals surface area contributed by atoms with Gasteiger partial charge in [-0.25, -0.2) is 4.79 Å². The second-order valence-corrected chi connectivity index (χ2v) is 6.01. The van der Waals surface area contributed by atoms with Gasteiger partial charge in [-0.15, -0.1) is 0 Å². The number of anilines is 2. The van der Waals surface area contributed by atoms with Gasteiger partial charge in [-0.05, 0) is 50.2 Å². The minimum Gasteiger partial charge on any atom is -0.497 e. The maximum Gasteiger partial charge on any atom is 0.337 e. The highest BCUT2D eigenvalue weighted by molar-refractivity contribution is 6.12. The molecule has 0 aliphatic heterocycles. The number of ether oxygens (including phenoxy) is 1. The molecule has 1 amide bonds. The summed E-state index contributed by atoms with van der Waals surface area (Å²) in [5, 5.41) is 3.39. The van der Waals surface area contributed by atoms with Crippen LogP contribution in [0.15, 0.2) is 57.7 Å². The van der Waals surface area contributed by atoms with Crippen LogP contribution in [0.1, 0.15) is 24.2 Å². The Morgan fingerprint density at radius 1 is 1.07 bits per heavy atom. The van der Waals surface area contributed by atoms with Crippen LogP contribution in [0.25, 0.3) is 11.0 Å². The van der Waals surface area contributed by atoms with Crippen molar-refractivity contribution in [3.8, 4) is 5.75 Å². The summed E-state index contributed by atoms with van der Waals surface area (Å²) in [6.07, 6.45) is 0. The van der Waals surface area contributed by atoms with Gasteiger partial charge in [0.2, 0.25) is 0 Å². The Morgan fingerprint density at radius 2 is 1.78 bits per heavy atom. The van der Waals surface area contributed by atoms with Gasteiger partial charge < -0.3 is 19.4 Å². The van der Waals surface area contributed by atoms with Crippen molar-refractivity contribution in [3.05, 3.63) is 64.5 Å². The van der Waals surface area contributed by atoms with Gasteiger partial charge in [0.05, 0.1) is 12.7 Å². The SMILES string of the molecule is CCN(CC)c1ccc(NC(=O)c2cc(=O)oc3cc(OC)ccc23)cc1. The maximum atomic E-state index is 12.7. The number of hydrogen-bond donors (Lipinski definition) is 1. The van der Waals surface area contributed by atoms with Crippen LogP contribution in [-0.4, -0.2) is 26.1 Å². The first-order valence-electron chi connectivity index (χ1n) is 8.84. The summed E-state index contributed by atoms with van der Waals surface area (Å²) in [6.45, 7) is 6.02. The van der Waals surface area contributed by atoms with Crippen LogP contribution in [0.5, 0.6) is 5.75 Å². The average molecular weight is 366 g/mol. The van der Waals surface area contributed by atoms with Gasteiger partial charge in [0.15, 0.2) is 0 Å². The molecule has 0 radical (unpaired) electrons. The lowest BCUT2D eigenvalue weighted by molar-refractivity contribution is 0.102. The minimum atomic E-state index is -0.585. The van der Waals surface area contributed by atoms with E-state index in [1.54, 1.807) is 18.2 Å². The lowest BCUT2D eigenvalue weighted by atomic mass is 10.1. The normalized spacial score (nSPS) is 10.6. The second-order valence-electron chi connectivity index (χ2n) is 6.01. The molecule has 1 aromatic heterocycles. The lowest BCUT2D eigenvalue weighted by Crippen LogP contribution is -2.21. The molecule has 0 bridgehead atoms. The van der Waals surface area contributed by atoms with E-state index in [0.29, 0.717) is 22.4 Å². The molecule has 2 aromatic carbocycles. The van der Waals surface area contributed by atoms with Crippen LogP contribution in [0.2, 0.25) is 0 Å². The zero-order valence-corrected chi connectivity index (χ0v) is 15.6. The number of carbonyl (C=O) groups excluding carboxylic acids is 1. The smallest absolute Gasteiger partial charge is 0.337 e. The van der Waals surface area contributed by atoms with E-state index in [4.69, 9.17) is 9.15 Å². The predicted molar refractivity (Wildman–Crippen MR) is 107 cm³/mol. The first-order valence-corrected chi connectivity index (χ1v) is 8.84. The van der Waals surface area contributed by atoms with Crippen LogP contribution in [-0.2, 0) is 0 Å². The molecule has 3 rings (SSSR count). The molecule has 0 spiro atoms. The molecule has 0 saturated heterocycles. The van der Waals surface area contributed by atoms with Crippen molar-refractivity contribution in [1.29, 1.82) is 0 Å². The third kappa shape index (κ3) is 3.95. The zero-order valence-electron chi connectivity index (χ0n) is 15.6. The van der Waals surface area contributed by atoms with Gasteiger partial charge in [0.25, 0.3) is 5.91 Å². The molecule has 6 nitrogen and oxygen atoms in total. The lowest BCUT2D eigenvalue weighted by Gasteiger charge is -2.21. The molecule has 0 fully saturated rings. The summed E-state index contributed by atoms with van der Waals surface area (Å²) in [5.74, 6) is 0.184. The molecule has 0 aliphatic rings. The summed E-state index contributed by atoms with van der Waals surface area (Å²) >= 11 is 0. The van der Waals surface area contributed by atoms with Gasteiger partial charge in [0, 0.05) is 42.0 Å². The Bertz CT molecular complexity index is 1000. The summed E-state index contributed by atoms with van der Waals surface area (Å²) in [7, 11) is 1.53. The van der Waals surface area contributed by atoms with E-state index in [9.17, 15) is 9.59 Å². The van der Waals surface area contributed by atoms with Gasteiger partial charge in [-0.2, -0.15) is 0 Å². The number of nitrogens with zero attached hydrogens (tertiary/aromatic N) is 1. The second kappa shape index (κ2) is 7.95.